The molecule has 1 saturated carbocycles. The second-order valence-electron chi connectivity index (χ2n) is 20.0. The van der Waals surface area contributed by atoms with Gasteiger partial charge in [0.05, 0.1) is 36.6 Å². The highest BCUT2D eigenvalue weighted by atomic mass is 16.6. The average Bonchev–Trinajstić information content (AvgIpc) is 3.28. The molecule has 0 aromatic carbocycles. The molecule has 370 valence electrons. The minimum Gasteiger partial charge on any atom is -0.460 e. The van der Waals surface area contributed by atoms with Crippen LogP contribution in [-0.4, -0.2) is 143 Å². The maximum atomic E-state index is 14.4. The minimum atomic E-state index is -2.41. The van der Waals surface area contributed by atoms with Crippen molar-refractivity contribution in [1.29, 1.82) is 0 Å². The van der Waals surface area contributed by atoms with E-state index in [1.165, 1.54) is 12.0 Å². The van der Waals surface area contributed by atoms with Gasteiger partial charge in [-0.05, 0) is 113 Å². The van der Waals surface area contributed by atoms with E-state index in [-0.39, 0.29) is 49.2 Å². The van der Waals surface area contributed by atoms with Crippen LogP contribution in [0.4, 0.5) is 0 Å². The van der Waals surface area contributed by atoms with E-state index in [9.17, 15) is 39.9 Å². The number of fused-ring (bicyclic) bond motifs is 3. The quantitative estimate of drug-likeness (QED) is 0.122. The van der Waals surface area contributed by atoms with E-state index in [4.69, 9.17) is 23.7 Å². The van der Waals surface area contributed by atoms with Gasteiger partial charge in [0.2, 0.25) is 5.79 Å². The van der Waals surface area contributed by atoms with Crippen LogP contribution in [0, 0.1) is 35.5 Å². The van der Waals surface area contributed by atoms with Gasteiger partial charge in [-0.15, -0.1) is 0 Å². The molecule has 65 heavy (non-hydrogen) atoms. The third-order valence-corrected chi connectivity index (χ3v) is 14.9. The normalized spacial score (nSPS) is 42.7. The number of amides is 1. The Balaban J connectivity index is 1.70. The van der Waals surface area contributed by atoms with Crippen LogP contribution in [0.15, 0.2) is 47.6 Å². The van der Waals surface area contributed by atoms with Crippen LogP contribution in [0.5, 0.6) is 0 Å². The van der Waals surface area contributed by atoms with Crippen molar-refractivity contribution in [3.8, 4) is 0 Å². The summed E-state index contributed by atoms with van der Waals surface area (Å²) in [6.07, 6.45) is 10.6. The molecule has 0 aromatic heterocycles. The molecule has 2 bridgehead atoms. The molecule has 5 N–H and O–H groups in total. The molecule has 0 radical (unpaired) electrons. The van der Waals surface area contributed by atoms with Crippen molar-refractivity contribution in [1.82, 2.24) is 4.90 Å². The number of cyclic esters (lactones) is 1. The first-order chi connectivity index (χ1) is 30.7. The number of carbonyl (C=O) groups excluding carboxylic acids is 3. The molecule has 2 unspecified atom stereocenters. The molecule has 4 rings (SSSR count). The van der Waals surface area contributed by atoms with E-state index in [1.807, 2.05) is 58.1 Å². The van der Waals surface area contributed by atoms with Gasteiger partial charge < -0.3 is 54.1 Å². The Kier molecular flexibility index (Phi) is 21.5. The summed E-state index contributed by atoms with van der Waals surface area (Å²) in [5, 5.41) is 57.2. The Bertz CT molecular complexity index is 1660. The number of Topliss-reactive ketones (excluding diaryl/α,β-unsaturated/α-hetero) is 1. The van der Waals surface area contributed by atoms with Gasteiger partial charge in [-0.1, -0.05) is 71.1 Å². The topological polar surface area (TPSA) is 202 Å². The summed E-state index contributed by atoms with van der Waals surface area (Å²) in [6, 6.07) is -1.10. The molecule has 0 spiro atoms. The highest BCUT2D eigenvalue weighted by Crippen LogP contribution is 2.38. The molecule has 3 fully saturated rings. The lowest BCUT2D eigenvalue weighted by atomic mass is 9.78. The van der Waals surface area contributed by atoms with E-state index >= 15 is 0 Å². The molecular formula is C51H83NO13. The number of aliphatic hydroxyl groups is 5. The highest BCUT2D eigenvalue weighted by Gasteiger charge is 2.53. The molecule has 0 aromatic rings. The summed E-state index contributed by atoms with van der Waals surface area (Å²) >= 11 is 0. The molecule has 2 saturated heterocycles. The summed E-state index contributed by atoms with van der Waals surface area (Å²) in [5.74, 6) is -6.69. The van der Waals surface area contributed by atoms with Crippen molar-refractivity contribution in [3.63, 3.8) is 0 Å². The molecule has 4 aliphatic rings. The number of piperidine rings is 1. The predicted octanol–water partition coefficient (Wildman–Crippen LogP) is 5.76. The number of nitrogens with zero attached hydrogens (tertiary/aromatic N) is 1. The van der Waals surface area contributed by atoms with Gasteiger partial charge in [0.25, 0.3) is 11.7 Å². The lowest BCUT2D eigenvalue weighted by Crippen LogP contribution is -2.61. The van der Waals surface area contributed by atoms with Crippen LogP contribution in [-0.2, 0) is 38.1 Å². The smallest absolute Gasteiger partial charge is 0.329 e. The fourth-order valence-electron chi connectivity index (χ4n) is 10.4. The molecule has 1 aliphatic carbocycles. The van der Waals surface area contributed by atoms with Gasteiger partial charge in [-0.2, -0.15) is 0 Å². The number of rotatable bonds is 6. The third-order valence-electron chi connectivity index (χ3n) is 14.9. The maximum Gasteiger partial charge on any atom is 0.329 e. The van der Waals surface area contributed by atoms with Crippen molar-refractivity contribution in [2.45, 2.75) is 192 Å². The number of methoxy groups -OCH3 is 3. The number of ether oxygens (including phenoxy) is 5. The number of hydrogen-bond donors (Lipinski definition) is 5. The number of hydrogen-bond acceptors (Lipinski definition) is 13. The van der Waals surface area contributed by atoms with Gasteiger partial charge in [0, 0.05) is 52.6 Å². The van der Waals surface area contributed by atoms with Crippen molar-refractivity contribution >= 4 is 17.7 Å². The Morgan fingerprint density at radius 2 is 1.54 bits per heavy atom. The SMILES string of the molecule is CO[C@H]1C[C@@H]2CC[C@@H](C)[C@@](O)(O2)C(=O)C(=O)N2CCCC[C@H]2C(=O)O[C@H]([C@H](C)C[C@H]2CC[C@@H](O)[C@H](OC)C2)CC(O)[C@H](C)/C=C(\C)[C@@H](O)[C@@H](OC)C(O)[C@H](C)C[C@H](C)\C=C/C=C/C=C/1C. The first-order valence-corrected chi connectivity index (χ1v) is 24.2. The van der Waals surface area contributed by atoms with Crippen LogP contribution in [0.2, 0.25) is 0 Å². The summed E-state index contributed by atoms with van der Waals surface area (Å²) < 4.78 is 29.6. The molecule has 14 heteroatoms. The minimum absolute atomic E-state index is 0.0359. The van der Waals surface area contributed by atoms with Crippen molar-refractivity contribution < 1.29 is 63.6 Å². The van der Waals surface area contributed by atoms with Crippen LogP contribution < -0.4 is 0 Å². The van der Waals surface area contributed by atoms with Gasteiger partial charge >= 0.3 is 5.97 Å². The zero-order chi connectivity index (χ0) is 48.2. The molecule has 1 amide bonds. The zero-order valence-corrected chi connectivity index (χ0v) is 40.8. The van der Waals surface area contributed by atoms with E-state index in [0.717, 1.165) is 12.0 Å². The standard InChI is InChI=1S/C51H83NO13/c1-30-16-12-11-13-17-31(2)42(61-8)28-38-21-19-36(7)51(60,65-38)48(57)49(58)52-23-15-14-18-39(52)50(59)64-43(33(4)26-37-20-22-40(53)44(27-37)62-9)29-41(54)32(3)25-35(6)46(56)47(63-10)45(55)34(5)24-30/h11-13,16-17,25,30,32-34,36-47,53-56,60H,14-15,18-24,26-29H2,1-10H3/b13-11+,16-12-,31-17+,35-25+/t30-,32-,33-,34-,36-,37-,38+,39+,40-,41?,42+,43+,44-,45?,46-,47+,51-/m1/s1. The average molecular weight is 918 g/mol. The van der Waals surface area contributed by atoms with Crippen molar-refractivity contribution in [2.24, 2.45) is 35.5 Å². The molecule has 14 nitrogen and oxygen atoms in total. The first kappa shape index (κ1) is 54.8. The number of carbonyl (C=O) groups is 3. The van der Waals surface area contributed by atoms with Crippen molar-refractivity contribution in [3.05, 3.63) is 47.6 Å². The number of esters is 1. The summed E-state index contributed by atoms with van der Waals surface area (Å²) in [7, 11) is 4.63. The lowest BCUT2D eigenvalue weighted by Gasteiger charge is -2.43. The van der Waals surface area contributed by atoms with E-state index in [0.29, 0.717) is 63.4 Å². The van der Waals surface area contributed by atoms with E-state index in [1.54, 1.807) is 34.1 Å². The fourth-order valence-corrected chi connectivity index (χ4v) is 10.4. The van der Waals surface area contributed by atoms with Crippen LogP contribution in [0.25, 0.3) is 0 Å². The zero-order valence-electron chi connectivity index (χ0n) is 40.8. The predicted molar refractivity (Wildman–Crippen MR) is 247 cm³/mol. The number of aliphatic hydroxyl groups excluding tert-OH is 4. The highest BCUT2D eigenvalue weighted by molar-refractivity contribution is 6.39. The second-order valence-corrected chi connectivity index (χ2v) is 20.0. The monoisotopic (exact) mass is 918 g/mol. The lowest BCUT2D eigenvalue weighted by molar-refractivity contribution is -0.265. The fraction of sp³-hybridized carbons (Fsp3) is 0.784. The van der Waals surface area contributed by atoms with Gasteiger partial charge in [-0.3, -0.25) is 9.59 Å². The first-order valence-electron chi connectivity index (χ1n) is 24.2. The maximum absolute atomic E-state index is 14.4. The molecule has 17 atom stereocenters. The second kappa shape index (κ2) is 25.5. The Morgan fingerprint density at radius 1 is 0.815 bits per heavy atom. The molecule has 3 aliphatic heterocycles. The van der Waals surface area contributed by atoms with Gasteiger partial charge in [-0.25, -0.2) is 4.79 Å². The number of allylic oxidation sites excluding steroid dienone is 5. The summed E-state index contributed by atoms with van der Waals surface area (Å²) in [4.78, 5) is 44.1. The molecular weight excluding hydrogens is 835 g/mol. The van der Waals surface area contributed by atoms with Crippen LogP contribution in [0.3, 0.4) is 0 Å². The van der Waals surface area contributed by atoms with Gasteiger partial charge in [0.1, 0.15) is 24.4 Å². The van der Waals surface area contributed by atoms with E-state index in [2.05, 4.69) is 6.92 Å². The largest absolute Gasteiger partial charge is 0.460 e. The van der Waals surface area contributed by atoms with Crippen LogP contribution >= 0.6 is 0 Å². The molecule has 3 heterocycles. The third kappa shape index (κ3) is 14.6. The summed E-state index contributed by atoms with van der Waals surface area (Å²) in [6.45, 7) is 13.2. The van der Waals surface area contributed by atoms with Crippen molar-refractivity contribution in [2.75, 3.05) is 27.9 Å². The Morgan fingerprint density at radius 3 is 2.22 bits per heavy atom. The summed E-state index contributed by atoms with van der Waals surface area (Å²) in [5.41, 5.74) is 1.41. The van der Waals surface area contributed by atoms with Crippen LogP contribution in [0.1, 0.15) is 126 Å². The number of ketones is 1. The van der Waals surface area contributed by atoms with E-state index < -0.39 is 90.2 Å². The Hall–Kier alpha value is -2.79. The van der Waals surface area contributed by atoms with Gasteiger partial charge in [0.15, 0.2) is 0 Å². The Labute approximate surface area is 388 Å².